The van der Waals surface area contributed by atoms with Crippen molar-refractivity contribution < 1.29 is 29.0 Å². The van der Waals surface area contributed by atoms with Gasteiger partial charge in [0.25, 0.3) is 5.91 Å². The van der Waals surface area contributed by atoms with Gasteiger partial charge in [-0.05, 0) is 37.5 Å². The number of benzene rings is 1. The van der Waals surface area contributed by atoms with E-state index in [1.165, 1.54) is 18.2 Å². The molecule has 0 aromatic heterocycles. The molecule has 10 nitrogen and oxygen atoms in total. The van der Waals surface area contributed by atoms with Gasteiger partial charge in [0.2, 0.25) is 11.8 Å². The molecule has 0 aliphatic rings. The zero-order valence-corrected chi connectivity index (χ0v) is 19.1. The number of amides is 3. The molecule has 0 saturated carbocycles. The van der Waals surface area contributed by atoms with Crippen LogP contribution in [0.4, 0.5) is 0 Å². The van der Waals surface area contributed by atoms with E-state index in [1.807, 2.05) is 0 Å². The predicted octanol–water partition coefficient (Wildman–Crippen LogP) is 1.05. The van der Waals surface area contributed by atoms with Crippen molar-refractivity contribution >= 4 is 35.3 Å². The molecule has 1 aromatic carbocycles. The maximum absolute atomic E-state index is 12.9. The number of hydrogen-bond acceptors (Lipinski definition) is 6. The molecule has 0 radical (unpaired) electrons. The molecular formula is C21H31ClN4O6. The van der Waals surface area contributed by atoms with Gasteiger partial charge in [0, 0.05) is 17.5 Å². The molecule has 1 rings (SSSR count). The van der Waals surface area contributed by atoms with Gasteiger partial charge < -0.3 is 31.9 Å². The molecule has 11 heteroatoms. The van der Waals surface area contributed by atoms with E-state index in [9.17, 15) is 24.3 Å². The number of aliphatic carboxylic acids is 1. The second-order valence-corrected chi connectivity index (χ2v) is 8.11. The lowest BCUT2D eigenvalue weighted by atomic mass is 9.98. The van der Waals surface area contributed by atoms with Crippen LogP contribution < -0.4 is 26.8 Å². The number of ether oxygens (including phenoxy) is 1. The lowest BCUT2D eigenvalue weighted by Gasteiger charge is -2.24. The minimum Gasteiger partial charge on any atom is -0.491 e. The molecule has 0 unspecified atom stereocenters. The Morgan fingerprint density at radius 2 is 1.84 bits per heavy atom. The number of carbonyl (C=O) groups is 4. The van der Waals surface area contributed by atoms with Gasteiger partial charge in [-0.3, -0.25) is 14.4 Å². The van der Waals surface area contributed by atoms with Crippen LogP contribution in [0.3, 0.4) is 0 Å². The highest BCUT2D eigenvalue weighted by molar-refractivity contribution is 6.30. The highest BCUT2D eigenvalue weighted by atomic mass is 35.5. The fraction of sp³-hybridized carbons (Fsp3) is 0.524. The van der Waals surface area contributed by atoms with E-state index in [1.54, 1.807) is 20.8 Å². The summed E-state index contributed by atoms with van der Waals surface area (Å²) in [6, 6.07) is 1.71. The molecule has 3 amide bonds. The van der Waals surface area contributed by atoms with Gasteiger partial charge >= 0.3 is 5.97 Å². The number of rotatable bonds is 13. The summed E-state index contributed by atoms with van der Waals surface area (Å²) in [7, 11) is 0. The minimum atomic E-state index is -1.20. The lowest BCUT2D eigenvalue weighted by molar-refractivity contribution is -0.143. The van der Waals surface area contributed by atoms with Gasteiger partial charge in [0.05, 0.1) is 5.56 Å². The van der Waals surface area contributed by atoms with Crippen molar-refractivity contribution in [3.8, 4) is 5.75 Å². The van der Waals surface area contributed by atoms with E-state index in [4.69, 9.17) is 27.8 Å². The normalized spacial score (nSPS) is 14.5. The second kappa shape index (κ2) is 12.9. The van der Waals surface area contributed by atoms with Crippen LogP contribution >= 0.6 is 11.6 Å². The number of nitrogens with one attached hydrogen (secondary N) is 2. The molecular weight excluding hydrogens is 440 g/mol. The quantitative estimate of drug-likeness (QED) is 0.286. The Hall–Kier alpha value is -2.85. The zero-order chi connectivity index (χ0) is 24.4. The van der Waals surface area contributed by atoms with E-state index in [0.29, 0.717) is 11.4 Å². The summed E-state index contributed by atoms with van der Waals surface area (Å²) >= 11 is 5.99. The molecule has 1 aromatic rings. The third kappa shape index (κ3) is 8.72. The summed E-state index contributed by atoms with van der Waals surface area (Å²) < 4.78 is 5.56. The lowest BCUT2D eigenvalue weighted by Crippen LogP contribution is -2.53. The van der Waals surface area contributed by atoms with E-state index < -0.39 is 35.8 Å². The zero-order valence-electron chi connectivity index (χ0n) is 18.4. The van der Waals surface area contributed by atoms with Crippen LogP contribution in [0.15, 0.2) is 18.2 Å². The van der Waals surface area contributed by atoms with Crippen molar-refractivity contribution in [2.24, 2.45) is 17.4 Å². The number of carboxylic acid groups (broad SMARTS) is 1. The molecule has 7 N–H and O–H groups in total. The predicted molar refractivity (Wildman–Crippen MR) is 119 cm³/mol. The summed E-state index contributed by atoms with van der Waals surface area (Å²) in [6.45, 7) is 5.33. The van der Waals surface area contributed by atoms with Gasteiger partial charge in [0.1, 0.15) is 24.4 Å². The third-order valence-corrected chi connectivity index (χ3v) is 5.00. The van der Waals surface area contributed by atoms with E-state index >= 15 is 0 Å². The monoisotopic (exact) mass is 470 g/mol. The van der Waals surface area contributed by atoms with Gasteiger partial charge in [0.15, 0.2) is 0 Å². The Bertz CT molecular complexity index is 833. The van der Waals surface area contributed by atoms with Gasteiger partial charge in [-0.1, -0.05) is 31.9 Å². The average Bonchev–Trinajstić information content (AvgIpc) is 2.72. The Morgan fingerprint density at radius 3 is 2.38 bits per heavy atom. The molecule has 0 aliphatic heterocycles. The first-order valence-corrected chi connectivity index (χ1v) is 10.6. The Kier molecular flexibility index (Phi) is 10.9. The van der Waals surface area contributed by atoms with Crippen molar-refractivity contribution in [1.29, 1.82) is 0 Å². The molecule has 178 valence electrons. The van der Waals surface area contributed by atoms with Crippen LogP contribution in [-0.2, 0) is 14.4 Å². The van der Waals surface area contributed by atoms with Crippen LogP contribution in [0.2, 0.25) is 5.02 Å². The highest BCUT2D eigenvalue weighted by Crippen LogP contribution is 2.24. The second-order valence-electron chi connectivity index (χ2n) is 7.67. The molecule has 0 heterocycles. The first-order valence-electron chi connectivity index (χ1n) is 10.3. The number of hydrogen-bond donors (Lipinski definition) is 5. The summed E-state index contributed by atoms with van der Waals surface area (Å²) in [5.74, 6) is -3.44. The van der Waals surface area contributed by atoms with Crippen molar-refractivity contribution in [2.75, 3.05) is 6.61 Å². The molecule has 4 atom stereocenters. The molecule has 0 fully saturated rings. The van der Waals surface area contributed by atoms with Gasteiger partial charge in [-0.25, -0.2) is 4.79 Å². The maximum atomic E-state index is 12.9. The van der Waals surface area contributed by atoms with Crippen molar-refractivity contribution in [3.05, 3.63) is 28.8 Å². The first kappa shape index (κ1) is 27.2. The Balaban J connectivity index is 3.10. The van der Waals surface area contributed by atoms with Crippen LogP contribution in [0.5, 0.6) is 5.75 Å². The number of primary amides is 1. The summed E-state index contributed by atoms with van der Waals surface area (Å²) in [6.07, 6.45) is 0.220. The minimum absolute atomic E-state index is 0.101. The molecule has 32 heavy (non-hydrogen) atoms. The van der Waals surface area contributed by atoms with Crippen molar-refractivity contribution in [3.63, 3.8) is 0 Å². The number of halogens is 1. The Morgan fingerprint density at radius 1 is 1.19 bits per heavy atom. The number of nitrogens with two attached hydrogens (primary N) is 2. The van der Waals surface area contributed by atoms with Crippen molar-refractivity contribution in [2.45, 2.75) is 58.2 Å². The Labute approximate surface area is 192 Å². The fourth-order valence-corrected chi connectivity index (χ4v) is 2.91. The fourth-order valence-electron chi connectivity index (χ4n) is 2.75. The van der Waals surface area contributed by atoms with Crippen molar-refractivity contribution in [1.82, 2.24) is 10.6 Å². The summed E-state index contributed by atoms with van der Waals surface area (Å²) in [5, 5.41) is 14.7. The van der Waals surface area contributed by atoms with E-state index in [-0.39, 0.29) is 42.7 Å². The smallest absolute Gasteiger partial charge is 0.326 e. The van der Waals surface area contributed by atoms with Crippen LogP contribution in [-0.4, -0.2) is 53.5 Å². The van der Waals surface area contributed by atoms with E-state index in [2.05, 4.69) is 10.6 Å². The SMILES string of the molecule is CC[C@H](C)[C@H](NC(=O)[C@H](CCC(N)=O)NC(=O)c1ccc(Cl)cc1OC[C@H](C)N)C(=O)O. The largest absolute Gasteiger partial charge is 0.491 e. The molecule has 0 saturated heterocycles. The molecule has 0 aliphatic carbocycles. The van der Waals surface area contributed by atoms with E-state index in [0.717, 1.165) is 0 Å². The summed E-state index contributed by atoms with van der Waals surface area (Å²) in [4.78, 5) is 48.5. The average molecular weight is 471 g/mol. The third-order valence-electron chi connectivity index (χ3n) is 4.77. The van der Waals surface area contributed by atoms with Crippen LogP contribution in [0.25, 0.3) is 0 Å². The number of carbonyl (C=O) groups excluding carboxylic acids is 3. The van der Waals surface area contributed by atoms with Crippen LogP contribution in [0.1, 0.15) is 50.4 Å². The summed E-state index contributed by atoms with van der Waals surface area (Å²) in [5.41, 5.74) is 11.0. The van der Waals surface area contributed by atoms with Crippen LogP contribution in [0, 0.1) is 5.92 Å². The topological polar surface area (TPSA) is 174 Å². The molecule has 0 bridgehead atoms. The number of carboxylic acids is 1. The first-order chi connectivity index (χ1) is 15.0. The van der Waals surface area contributed by atoms with Gasteiger partial charge in [-0.2, -0.15) is 0 Å². The highest BCUT2D eigenvalue weighted by Gasteiger charge is 2.30. The molecule has 0 spiro atoms. The maximum Gasteiger partial charge on any atom is 0.326 e. The van der Waals surface area contributed by atoms with Gasteiger partial charge in [-0.15, -0.1) is 0 Å². The standard InChI is InChI=1S/C21H31ClN4O6/c1-4-11(2)18(21(30)31)26-20(29)15(7-8-17(24)27)25-19(28)14-6-5-13(22)9-16(14)32-10-12(3)23/h5-6,9,11-12,15,18H,4,7-8,10,23H2,1-3H3,(H2,24,27)(H,25,28)(H,26,29)(H,30,31)/t11-,12-,15-,18-/m0/s1.